The van der Waals surface area contributed by atoms with Crippen molar-refractivity contribution >= 4 is 12.0 Å². The van der Waals surface area contributed by atoms with Gasteiger partial charge in [0.25, 0.3) is 0 Å². The number of nitrogens with one attached hydrogen (secondary N) is 1. The highest BCUT2D eigenvalue weighted by Gasteiger charge is 2.10. The van der Waals surface area contributed by atoms with Gasteiger partial charge in [0.05, 0.1) is 24.9 Å². The summed E-state index contributed by atoms with van der Waals surface area (Å²) in [7, 11) is 3.38. The zero-order chi connectivity index (χ0) is 14.4. The first-order valence-electron chi connectivity index (χ1n) is 6.08. The number of hydrogen-bond donors (Lipinski definition) is 2. The molecule has 1 heterocycles. The van der Waals surface area contributed by atoms with E-state index in [0.29, 0.717) is 0 Å². The van der Waals surface area contributed by atoms with E-state index in [1.54, 1.807) is 10.8 Å². The molecule has 0 saturated heterocycles. The van der Waals surface area contributed by atoms with Gasteiger partial charge in [-0.1, -0.05) is 0 Å². The third-order valence-corrected chi connectivity index (χ3v) is 2.90. The lowest BCUT2D eigenvalue weighted by Crippen LogP contribution is -2.39. The van der Waals surface area contributed by atoms with Crippen molar-refractivity contribution in [3.8, 4) is 0 Å². The maximum Gasteiger partial charge on any atom is 0.244 e. The lowest BCUT2D eigenvalue weighted by Gasteiger charge is -2.13. The lowest BCUT2D eigenvalue weighted by molar-refractivity contribution is -0.117. The first-order valence-corrected chi connectivity index (χ1v) is 6.08. The zero-order valence-corrected chi connectivity index (χ0v) is 11.8. The van der Waals surface area contributed by atoms with Crippen molar-refractivity contribution in [2.24, 2.45) is 7.05 Å². The zero-order valence-electron chi connectivity index (χ0n) is 11.8. The van der Waals surface area contributed by atoms with E-state index in [2.05, 4.69) is 10.4 Å². The fourth-order valence-electron chi connectivity index (χ4n) is 1.78. The fourth-order valence-corrected chi connectivity index (χ4v) is 1.78. The SMILES string of the molecule is COCC(CO)NC(=O)/C=C/c1c(C)nn(C)c1C. The summed E-state index contributed by atoms with van der Waals surface area (Å²) in [5, 5.41) is 16.0. The van der Waals surface area contributed by atoms with Gasteiger partial charge in [-0.25, -0.2) is 0 Å². The van der Waals surface area contributed by atoms with Crippen molar-refractivity contribution in [2.45, 2.75) is 19.9 Å². The highest BCUT2D eigenvalue weighted by Crippen LogP contribution is 2.13. The third-order valence-electron chi connectivity index (χ3n) is 2.90. The Bertz CT molecular complexity index is 466. The van der Waals surface area contributed by atoms with Gasteiger partial charge in [-0.3, -0.25) is 9.48 Å². The Labute approximate surface area is 113 Å². The molecule has 0 bridgehead atoms. The van der Waals surface area contributed by atoms with Crippen LogP contribution < -0.4 is 5.32 Å². The molecule has 0 aromatic carbocycles. The molecular weight excluding hydrogens is 246 g/mol. The van der Waals surface area contributed by atoms with Crippen LogP contribution in [0.25, 0.3) is 6.08 Å². The van der Waals surface area contributed by atoms with Crippen molar-refractivity contribution in [1.82, 2.24) is 15.1 Å². The normalized spacial score (nSPS) is 12.9. The molecule has 1 rings (SSSR count). The van der Waals surface area contributed by atoms with E-state index in [9.17, 15) is 4.79 Å². The summed E-state index contributed by atoms with van der Waals surface area (Å²) in [6, 6.07) is -0.391. The van der Waals surface area contributed by atoms with Gasteiger partial charge in [0.15, 0.2) is 0 Å². The summed E-state index contributed by atoms with van der Waals surface area (Å²) in [4.78, 5) is 11.7. The summed E-state index contributed by atoms with van der Waals surface area (Å²) in [6.45, 7) is 3.96. The topological polar surface area (TPSA) is 76.4 Å². The van der Waals surface area contributed by atoms with Crippen LogP contribution >= 0.6 is 0 Å². The second kappa shape index (κ2) is 7.06. The standard InChI is InChI=1S/C13H21N3O3/c1-9-12(10(2)16(3)15-9)5-6-13(18)14-11(7-17)8-19-4/h5-6,11,17H,7-8H2,1-4H3,(H,14,18)/b6-5+. The number of aromatic nitrogens is 2. The van der Waals surface area contributed by atoms with Gasteiger partial charge in [0, 0.05) is 31.5 Å². The third kappa shape index (κ3) is 4.18. The van der Waals surface area contributed by atoms with E-state index in [1.807, 2.05) is 20.9 Å². The number of aryl methyl sites for hydroxylation is 2. The number of aliphatic hydroxyl groups excluding tert-OH is 1. The molecule has 1 atom stereocenters. The molecule has 106 valence electrons. The minimum Gasteiger partial charge on any atom is -0.394 e. The van der Waals surface area contributed by atoms with E-state index in [1.165, 1.54) is 13.2 Å². The minimum atomic E-state index is -0.391. The van der Waals surface area contributed by atoms with Crippen LogP contribution in [0.4, 0.5) is 0 Å². The summed E-state index contributed by atoms with van der Waals surface area (Å²) in [5.74, 6) is -0.265. The second-order valence-corrected chi connectivity index (χ2v) is 4.38. The average molecular weight is 267 g/mol. The number of nitrogens with zero attached hydrogens (tertiary/aromatic N) is 2. The predicted octanol–water partition coefficient (Wildman–Crippen LogP) is 0.174. The minimum absolute atomic E-state index is 0.154. The highest BCUT2D eigenvalue weighted by atomic mass is 16.5. The molecule has 0 saturated carbocycles. The molecule has 2 N–H and O–H groups in total. The van der Waals surface area contributed by atoms with E-state index in [4.69, 9.17) is 9.84 Å². The number of aliphatic hydroxyl groups is 1. The molecule has 0 fully saturated rings. The molecule has 0 spiro atoms. The van der Waals surface area contributed by atoms with Crippen LogP contribution in [-0.4, -0.2) is 47.2 Å². The molecule has 19 heavy (non-hydrogen) atoms. The molecular formula is C13H21N3O3. The summed E-state index contributed by atoms with van der Waals surface area (Å²) >= 11 is 0. The van der Waals surface area contributed by atoms with Gasteiger partial charge < -0.3 is 15.2 Å². The molecule has 0 radical (unpaired) electrons. The molecule has 0 aliphatic rings. The van der Waals surface area contributed by atoms with Crippen LogP contribution in [0.3, 0.4) is 0 Å². The van der Waals surface area contributed by atoms with Crippen molar-refractivity contribution in [2.75, 3.05) is 20.3 Å². The van der Waals surface area contributed by atoms with Gasteiger partial charge in [-0.2, -0.15) is 5.10 Å². The molecule has 1 unspecified atom stereocenters. The summed E-state index contributed by atoms with van der Waals surface area (Å²) in [6.07, 6.45) is 3.17. The Hall–Kier alpha value is -1.66. The van der Waals surface area contributed by atoms with Gasteiger partial charge >= 0.3 is 0 Å². The van der Waals surface area contributed by atoms with Crippen molar-refractivity contribution < 1.29 is 14.6 Å². The number of hydrogen-bond acceptors (Lipinski definition) is 4. The second-order valence-electron chi connectivity index (χ2n) is 4.38. The van der Waals surface area contributed by atoms with Gasteiger partial charge in [0.1, 0.15) is 0 Å². The number of methoxy groups -OCH3 is 1. The first-order chi connectivity index (χ1) is 8.99. The number of rotatable bonds is 6. The highest BCUT2D eigenvalue weighted by molar-refractivity contribution is 5.92. The van der Waals surface area contributed by atoms with Crippen molar-refractivity contribution in [1.29, 1.82) is 0 Å². The Morgan fingerprint density at radius 3 is 2.74 bits per heavy atom. The molecule has 1 amide bonds. The molecule has 1 aromatic heterocycles. The van der Waals surface area contributed by atoms with Gasteiger partial charge in [-0.15, -0.1) is 0 Å². The lowest BCUT2D eigenvalue weighted by atomic mass is 10.2. The van der Waals surface area contributed by atoms with Crippen molar-refractivity contribution in [3.05, 3.63) is 23.0 Å². The molecule has 1 aromatic rings. The van der Waals surface area contributed by atoms with Gasteiger partial charge in [0.2, 0.25) is 5.91 Å². The van der Waals surface area contributed by atoms with Crippen LogP contribution in [0.2, 0.25) is 0 Å². The van der Waals surface area contributed by atoms with Crippen LogP contribution in [-0.2, 0) is 16.6 Å². The van der Waals surface area contributed by atoms with E-state index >= 15 is 0 Å². The number of carbonyl (C=O) groups excluding carboxylic acids is 1. The van der Waals surface area contributed by atoms with Gasteiger partial charge in [-0.05, 0) is 19.9 Å². The van der Waals surface area contributed by atoms with Crippen LogP contribution in [0.1, 0.15) is 17.0 Å². The Kier molecular flexibility index (Phi) is 5.72. The largest absolute Gasteiger partial charge is 0.394 e. The number of amides is 1. The quantitative estimate of drug-likeness (QED) is 0.721. The van der Waals surface area contributed by atoms with E-state index in [0.717, 1.165) is 17.0 Å². The fraction of sp³-hybridized carbons (Fsp3) is 0.538. The number of carbonyl (C=O) groups is 1. The van der Waals surface area contributed by atoms with Crippen LogP contribution in [0, 0.1) is 13.8 Å². The van der Waals surface area contributed by atoms with E-state index in [-0.39, 0.29) is 19.1 Å². The molecule has 0 aliphatic heterocycles. The maximum absolute atomic E-state index is 11.7. The Balaban J connectivity index is 2.68. The first kappa shape index (κ1) is 15.4. The smallest absolute Gasteiger partial charge is 0.244 e. The number of ether oxygens (including phenoxy) is 1. The average Bonchev–Trinajstić information content (AvgIpc) is 2.60. The molecule has 6 heteroatoms. The van der Waals surface area contributed by atoms with Crippen LogP contribution in [0.15, 0.2) is 6.08 Å². The van der Waals surface area contributed by atoms with Crippen molar-refractivity contribution in [3.63, 3.8) is 0 Å². The Morgan fingerprint density at radius 1 is 1.58 bits per heavy atom. The van der Waals surface area contributed by atoms with Crippen LogP contribution in [0.5, 0.6) is 0 Å². The Morgan fingerprint density at radius 2 is 2.26 bits per heavy atom. The molecule has 0 aliphatic carbocycles. The molecule has 6 nitrogen and oxygen atoms in total. The summed E-state index contributed by atoms with van der Waals surface area (Å²) in [5.41, 5.74) is 2.81. The summed E-state index contributed by atoms with van der Waals surface area (Å²) < 4.78 is 6.66. The predicted molar refractivity (Wildman–Crippen MR) is 72.6 cm³/mol. The maximum atomic E-state index is 11.7. The monoisotopic (exact) mass is 267 g/mol. The van der Waals surface area contributed by atoms with E-state index < -0.39 is 6.04 Å².